The number of para-hydroxylation sites is 1. The number of ether oxygens (including phenoxy) is 1. The monoisotopic (exact) mass is 337 g/mol. The molecule has 0 bridgehead atoms. The van der Waals surface area contributed by atoms with Crippen molar-refractivity contribution >= 4 is 46.3 Å². The van der Waals surface area contributed by atoms with Gasteiger partial charge in [0.1, 0.15) is 4.88 Å². The number of esters is 1. The van der Waals surface area contributed by atoms with E-state index in [2.05, 4.69) is 5.32 Å². The average molecular weight is 338 g/mol. The summed E-state index contributed by atoms with van der Waals surface area (Å²) in [7, 11) is 0. The molecule has 0 fully saturated rings. The first-order valence-corrected chi connectivity index (χ1v) is 7.49. The molecule has 0 saturated heterocycles. The van der Waals surface area contributed by atoms with Crippen molar-refractivity contribution in [3.05, 3.63) is 51.2 Å². The van der Waals surface area contributed by atoms with Crippen molar-refractivity contribution in [1.82, 2.24) is 0 Å². The number of Topliss-reactive ketones (excluding diaryl/α,β-unsaturated/α-hetero) is 1. The summed E-state index contributed by atoms with van der Waals surface area (Å²) in [5, 5.41) is 2.54. The summed E-state index contributed by atoms with van der Waals surface area (Å²) in [5.41, 5.74) is 0.780. The highest BCUT2D eigenvalue weighted by atomic mass is 35.5. The molecule has 1 aromatic heterocycles. The number of carbonyl (C=O) groups is 3. The van der Waals surface area contributed by atoms with Gasteiger partial charge in [0.25, 0.3) is 5.91 Å². The van der Waals surface area contributed by atoms with E-state index < -0.39 is 18.5 Å². The SMILES string of the molecule is CC(=O)c1ccccc1NC(=O)COC(=O)c1ccc(Cl)s1. The molecule has 0 aliphatic rings. The average Bonchev–Trinajstić information content (AvgIpc) is 2.92. The number of thiophene rings is 1. The van der Waals surface area contributed by atoms with E-state index in [9.17, 15) is 14.4 Å². The van der Waals surface area contributed by atoms with Gasteiger partial charge >= 0.3 is 5.97 Å². The van der Waals surface area contributed by atoms with Crippen LogP contribution in [0.5, 0.6) is 0 Å². The minimum absolute atomic E-state index is 0.166. The van der Waals surface area contributed by atoms with E-state index in [-0.39, 0.29) is 5.78 Å². The van der Waals surface area contributed by atoms with Crippen LogP contribution in [0.15, 0.2) is 36.4 Å². The van der Waals surface area contributed by atoms with Gasteiger partial charge in [0.05, 0.1) is 10.0 Å². The molecule has 7 heteroatoms. The summed E-state index contributed by atoms with van der Waals surface area (Å²) in [6, 6.07) is 9.71. The Morgan fingerprint density at radius 2 is 1.91 bits per heavy atom. The van der Waals surface area contributed by atoms with Gasteiger partial charge in [-0.25, -0.2) is 4.79 Å². The van der Waals surface area contributed by atoms with Crippen LogP contribution in [-0.4, -0.2) is 24.3 Å². The fourth-order valence-corrected chi connectivity index (χ4v) is 2.65. The highest BCUT2D eigenvalue weighted by molar-refractivity contribution is 7.17. The molecule has 2 rings (SSSR count). The largest absolute Gasteiger partial charge is 0.451 e. The Balaban J connectivity index is 1.94. The van der Waals surface area contributed by atoms with Crippen LogP contribution in [0.1, 0.15) is 27.0 Å². The Kier molecular flexibility index (Phi) is 5.30. The molecule has 5 nitrogen and oxygen atoms in total. The Labute approximate surface area is 135 Å². The van der Waals surface area contributed by atoms with Gasteiger partial charge in [-0.15, -0.1) is 11.3 Å². The molecule has 1 amide bonds. The van der Waals surface area contributed by atoms with Gasteiger partial charge < -0.3 is 10.1 Å². The number of hydrogen-bond acceptors (Lipinski definition) is 5. The summed E-state index contributed by atoms with van der Waals surface area (Å²) >= 11 is 6.79. The predicted octanol–water partition coefficient (Wildman–Crippen LogP) is 3.40. The van der Waals surface area contributed by atoms with Crippen LogP contribution in [-0.2, 0) is 9.53 Å². The third kappa shape index (κ3) is 4.16. The molecule has 0 saturated carbocycles. The second-order valence-corrected chi connectivity index (χ2v) is 6.04. The fourth-order valence-electron chi connectivity index (χ4n) is 1.71. The second kappa shape index (κ2) is 7.20. The van der Waals surface area contributed by atoms with Gasteiger partial charge in [0, 0.05) is 5.56 Å². The quantitative estimate of drug-likeness (QED) is 0.670. The molecule has 1 heterocycles. The lowest BCUT2D eigenvalue weighted by Crippen LogP contribution is -2.21. The summed E-state index contributed by atoms with van der Waals surface area (Å²) in [6.45, 7) is 0.964. The molecule has 0 aliphatic heterocycles. The molecule has 2 aromatic rings. The first kappa shape index (κ1) is 16.2. The maximum absolute atomic E-state index is 11.8. The summed E-state index contributed by atoms with van der Waals surface area (Å²) < 4.78 is 5.36. The number of nitrogens with one attached hydrogen (secondary N) is 1. The zero-order chi connectivity index (χ0) is 16.1. The van der Waals surface area contributed by atoms with Crippen molar-refractivity contribution in [3.8, 4) is 0 Å². The lowest BCUT2D eigenvalue weighted by molar-refractivity contribution is -0.119. The number of benzene rings is 1. The van der Waals surface area contributed by atoms with Gasteiger partial charge in [0.2, 0.25) is 0 Å². The Morgan fingerprint density at radius 1 is 1.18 bits per heavy atom. The van der Waals surface area contributed by atoms with Gasteiger partial charge in [-0.05, 0) is 31.2 Å². The molecule has 0 spiro atoms. The number of hydrogen-bond donors (Lipinski definition) is 1. The normalized spacial score (nSPS) is 10.1. The smallest absolute Gasteiger partial charge is 0.348 e. The van der Waals surface area contributed by atoms with Crippen molar-refractivity contribution in [2.24, 2.45) is 0 Å². The molecule has 0 unspecified atom stereocenters. The summed E-state index contributed by atoms with van der Waals surface area (Å²) in [5.74, 6) is -1.31. The van der Waals surface area contributed by atoms with Gasteiger partial charge in [-0.2, -0.15) is 0 Å². The van der Waals surface area contributed by atoms with Crippen LogP contribution in [0.2, 0.25) is 4.34 Å². The first-order valence-electron chi connectivity index (χ1n) is 6.29. The van der Waals surface area contributed by atoms with E-state index in [0.717, 1.165) is 11.3 Å². The highest BCUT2D eigenvalue weighted by Crippen LogP contribution is 2.22. The minimum atomic E-state index is -0.619. The molecule has 0 atom stereocenters. The van der Waals surface area contributed by atoms with Gasteiger partial charge in [-0.3, -0.25) is 9.59 Å². The molecule has 22 heavy (non-hydrogen) atoms. The van der Waals surface area contributed by atoms with E-state index >= 15 is 0 Å². The third-order valence-corrected chi connectivity index (χ3v) is 3.90. The van der Waals surface area contributed by atoms with Gasteiger partial charge in [0.15, 0.2) is 12.4 Å². The third-order valence-electron chi connectivity index (χ3n) is 2.69. The standard InChI is InChI=1S/C15H12ClNO4S/c1-9(18)10-4-2-3-5-11(10)17-14(19)8-21-15(20)12-6-7-13(16)22-12/h2-7H,8H2,1H3,(H,17,19). The van der Waals surface area contributed by atoms with Crippen molar-refractivity contribution in [2.75, 3.05) is 11.9 Å². The fraction of sp³-hybridized carbons (Fsp3) is 0.133. The van der Waals surface area contributed by atoms with Crippen molar-refractivity contribution in [1.29, 1.82) is 0 Å². The lowest BCUT2D eigenvalue weighted by atomic mass is 10.1. The maximum Gasteiger partial charge on any atom is 0.348 e. The van der Waals surface area contributed by atoms with Crippen LogP contribution in [0, 0.1) is 0 Å². The minimum Gasteiger partial charge on any atom is -0.451 e. The summed E-state index contributed by atoms with van der Waals surface area (Å²) in [4.78, 5) is 35.3. The van der Waals surface area contributed by atoms with Crippen LogP contribution >= 0.6 is 22.9 Å². The van der Waals surface area contributed by atoms with Crippen LogP contribution < -0.4 is 5.32 Å². The predicted molar refractivity (Wildman–Crippen MR) is 84.7 cm³/mol. The number of rotatable bonds is 5. The van der Waals surface area contributed by atoms with E-state index in [4.69, 9.17) is 16.3 Å². The Morgan fingerprint density at radius 3 is 2.55 bits per heavy atom. The zero-order valence-electron chi connectivity index (χ0n) is 11.6. The lowest BCUT2D eigenvalue weighted by Gasteiger charge is -2.09. The van der Waals surface area contributed by atoms with Crippen LogP contribution in [0.4, 0.5) is 5.69 Å². The molecular weight excluding hydrogens is 326 g/mol. The highest BCUT2D eigenvalue weighted by Gasteiger charge is 2.14. The van der Waals surface area contributed by atoms with E-state index in [1.807, 2.05) is 0 Å². The Bertz CT molecular complexity index is 726. The van der Waals surface area contributed by atoms with Crippen molar-refractivity contribution in [2.45, 2.75) is 6.92 Å². The number of ketones is 1. The summed E-state index contributed by atoms with van der Waals surface area (Å²) in [6.07, 6.45) is 0. The second-order valence-electron chi connectivity index (χ2n) is 4.33. The number of amides is 1. The first-order chi connectivity index (χ1) is 10.5. The number of anilines is 1. The molecule has 1 aromatic carbocycles. The number of carbonyl (C=O) groups excluding carboxylic acids is 3. The van der Waals surface area contributed by atoms with Crippen molar-refractivity contribution in [3.63, 3.8) is 0 Å². The van der Waals surface area contributed by atoms with E-state index in [0.29, 0.717) is 20.5 Å². The van der Waals surface area contributed by atoms with E-state index in [1.165, 1.54) is 13.0 Å². The van der Waals surface area contributed by atoms with E-state index in [1.54, 1.807) is 30.3 Å². The zero-order valence-corrected chi connectivity index (χ0v) is 13.2. The van der Waals surface area contributed by atoms with Crippen LogP contribution in [0.25, 0.3) is 0 Å². The molecule has 114 valence electrons. The Hall–Kier alpha value is -2.18. The van der Waals surface area contributed by atoms with Crippen molar-refractivity contribution < 1.29 is 19.1 Å². The molecule has 1 N–H and O–H groups in total. The molecule has 0 radical (unpaired) electrons. The molecular formula is C15H12ClNO4S. The molecule has 0 aliphatic carbocycles. The van der Waals surface area contributed by atoms with Gasteiger partial charge in [-0.1, -0.05) is 23.7 Å². The van der Waals surface area contributed by atoms with Crippen LogP contribution in [0.3, 0.4) is 0 Å². The number of halogens is 1. The maximum atomic E-state index is 11.8. The topological polar surface area (TPSA) is 72.5 Å².